The number of fused-ring (bicyclic) bond motifs is 3. The molecule has 0 aliphatic heterocycles. The lowest BCUT2D eigenvalue weighted by molar-refractivity contribution is 0.662. The van der Waals surface area contributed by atoms with E-state index in [9.17, 15) is 0 Å². The highest BCUT2D eigenvalue weighted by Gasteiger charge is 2.37. The molecule has 1 aromatic heterocycles. The van der Waals surface area contributed by atoms with Crippen molar-refractivity contribution < 1.29 is 0 Å². The van der Waals surface area contributed by atoms with E-state index in [2.05, 4.69) is 153 Å². The Morgan fingerprint density at radius 3 is 1.41 bits per heavy atom. The summed E-state index contributed by atoms with van der Waals surface area (Å²) in [4.78, 5) is 15.0. The molecule has 0 N–H and O–H groups in total. The maximum Gasteiger partial charge on any atom is 0.164 e. The maximum absolute atomic E-state index is 5.05. The third-order valence-corrected chi connectivity index (χ3v) is 10.1. The maximum atomic E-state index is 5.05. The Morgan fingerprint density at radius 1 is 0.314 bits per heavy atom. The third kappa shape index (κ3) is 5.53. The Morgan fingerprint density at radius 2 is 0.725 bits per heavy atom. The molecule has 0 saturated carbocycles. The van der Waals surface area contributed by atoms with Crippen LogP contribution in [0.1, 0.15) is 25.0 Å². The Balaban J connectivity index is 1.11. The molecule has 3 nitrogen and oxygen atoms in total. The molecular formula is C48H35N3. The smallest absolute Gasteiger partial charge is 0.164 e. The summed E-state index contributed by atoms with van der Waals surface area (Å²) in [5.74, 6) is 1.94. The number of benzene rings is 7. The van der Waals surface area contributed by atoms with Crippen LogP contribution in [0.3, 0.4) is 0 Å². The van der Waals surface area contributed by atoms with Crippen LogP contribution < -0.4 is 0 Å². The van der Waals surface area contributed by atoms with Gasteiger partial charge >= 0.3 is 0 Å². The normalized spacial score (nSPS) is 12.7. The van der Waals surface area contributed by atoms with E-state index in [1.807, 2.05) is 36.4 Å². The van der Waals surface area contributed by atoms with E-state index in [-0.39, 0.29) is 5.41 Å². The molecule has 0 fully saturated rings. The van der Waals surface area contributed by atoms with E-state index in [1.54, 1.807) is 0 Å². The average Bonchev–Trinajstić information content (AvgIpc) is 3.44. The first-order chi connectivity index (χ1) is 25.0. The van der Waals surface area contributed by atoms with E-state index in [0.29, 0.717) is 17.5 Å². The minimum Gasteiger partial charge on any atom is -0.208 e. The molecule has 0 saturated heterocycles. The van der Waals surface area contributed by atoms with Gasteiger partial charge in [-0.2, -0.15) is 0 Å². The van der Waals surface area contributed by atoms with Crippen molar-refractivity contribution in [3.63, 3.8) is 0 Å². The van der Waals surface area contributed by atoms with Crippen LogP contribution in [0.15, 0.2) is 176 Å². The summed E-state index contributed by atoms with van der Waals surface area (Å²) >= 11 is 0. The molecule has 1 aliphatic carbocycles. The van der Waals surface area contributed by atoms with E-state index in [1.165, 1.54) is 38.9 Å². The molecule has 9 rings (SSSR count). The second kappa shape index (κ2) is 12.5. The summed E-state index contributed by atoms with van der Waals surface area (Å²) in [5, 5.41) is 0. The van der Waals surface area contributed by atoms with Gasteiger partial charge in [0, 0.05) is 22.1 Å². The second-order valence-electron chi connectivity index (χ2n) is 13.7. The van der Waals surface area contributed by atoms with E-state index < -0.39 is 0 Å². The molecule has 51 heavy (non-hydrogen) atoms. The lowest BCUT2D eigenvalue weighted by Crippen LogP contribution is -2.16. The molecule has 3 heteroatoms. The fourth-order valence-electron chi connectivity index (χ4n) is 7.59. The van der Waals surface area contributed by atoms with Crippen molar-refractivity contribution in [3.8, 4) is 78.7 Å². The van der Waals surface area contributed by atoms with Gasteiger partial charge in [0.25, 0.3) is 0 Å². The van der Waals surface area contributed by atoms with Crippen LogP contribution in [0.2, 0.25) is 0 Å². The molecule has 0 amide bonds. The standard InChI is InChI=1S/C48H35N3/c1-48(2)43-25-10-9-22-41(43)42-24-13-23-40(44(42)48)38-20-11-18-36(30-38)37-19-12-21-39(31-37)47-50-45(34-16-7-4-8-17-34)49-46(51-47)35-28-26-33(27-29-35)32-14-5-3-6-15-32/h3-31H,1-2H3. The van der Waals surface area contributed by atoms with Crippen LogP contribution in [-0.2, 0) is 5.41 Å². The summed E-state index contributed by atoms with van der Waals surface area (Å²) in [6.07, 6.45) is 0. The number of hydrogen-bond acceptors (Lipinski definition) is 3. The number of rotatable bonds is 6. The Kier molecular flexibility index (Phi) is 7.48. The highest BCUT2D eigenvalue weighted by molar-refractivity contribution is 5.89. The van der Waals surface area contributed by atoms with Gasteiger partial charge in [-0.25, -0.2) is 15.0 Å². The van der Waals surface area contributed by atoms with Gasteiger partial charge in [0.1, 0.15) is 0 Å². The van der Waals surface area contributed by atoms with Gasteiger partial charge in [-0.15, -0.1) is 0 Å². The van der Waals surface area contributed by atoms with Crippen LogP contribution in [0.5, 0.6) is 0 Å². The summed E-state index contributed by atoms with van der Waals surface area (Å²) < 4.78 is 0. The first kappa shape index (κ1) is 30.6. The van der Waals surface area contributed by atoms with Crippen LogP contribution >= 0.6 is 0 Å². The lowest BCUT2D eigenvalue weighted by atomic mass is 9.78. The van der Waals surface area contributed by atoms with E-state index >= 15 is 0 Å². The predicted molar refractivity (Wildman–Crippen MR) is 210 cm³/mol. The Hall–Kier alpha value is -6.45. The minimum absolute atomic E-state index is 0.0901. The van der Waals surface area contributed by atoms with Crippen molar-refractivity contribution in [2.24, 2.45) is 0 Å². The summed E-state index contributed by atoms with van der Waals surface area (Å²) in [6.45, 7) is 4.69. The molecular weight excluding hydrogens is 619 g/mol. The summed E-state index contributed by atoms with van der Waals surface area (Å²) in [5.41, 5.74) is 15.3. The van der Waals surface area contributed by atoms with Crippen LogP contribution in [0.25, 0.3) is 78.7 Å². The minimum atomic E-state index is -0.0901. The third-order valence-electron chi connectivity index (χ3n) is 10.1. The highest BCUT2D eigenvalue weighted by atomic mass is 15.0. The first-order valence-corrected chi connectivity index (χ1v) is 17.4. The fraction of sp³-hybridized carbons (Fsp3) is 0.0625. The SMILES string of the molecule is CC1(C)c2ccccc2-c2cccc(-c3cccc(-c4cccc(-c5nc(-c6ccccc6)nc(-c6ccc(-c7ccccc7)cc6)n5)c4)c3)c21. The van der Waals surface area contributed by atoms with Gasteiger partial charge < -0.3 is 0 Å². The molecule has 8 aromatic rings. The number of nitrogens with zero attached hydrogens (tertiary/aromatic N) is 3. The van der Waals surface area contributed by atoms with E-state index in [4.69, 9.17) is 15.0 Å². The molecule has 1 aliphatic rings. The van der Waals surface area contributed by atoms with Crippen LogP contribution in [-0.4, -0.2) is 15.0 Å². The zero-order valence-electron chi connectivity index (χ0n) is 28.6. The molecule has 0 radical (unpaired) electrons. The highest BCUT2D eigenvalue weighted by Crippen LogP contribution is 2.52. The fourth-order valence-corrected chi connectivity index (χ4v) is 7.59. The molecule has 0 spiro atoms. The van der Waals surface area contributed by atoms with E-state index in [0.717, 1.165) is 33.4 Å². The van der Waals surface area contributed by atoms with Crippen LogP contribution in [0.4, 0.5) is 0 Å². The quantitative estimate of drug-likeness (QED) is 0.179. The summed E-state index contributed by atoms with van der Waals surface area (Å²) in [6, 6.07) is 62.0. The second-order valence-corrected chi connectivity index (χ2v) is 13.7. The number of hydrogen-bond donors (Lipinski definition) is 0. The Labute approximate surface area is 299 Å². The van der Waals surface area contributed by atoms with Gasteiger partial charge in [0.15, 0.2) is 17.5 Å². The molecule has 0 atom stereocenters. The average molecular weight is 654 g/mol. The monoisotopic (exact) mass is 653 g/mol. The van der Waals surface area contributed by atoms with Crippen molar-refractivity contribution >= 4 is 0 Å². The molecule has 242 valence electrons. The van der Waals surface area contributed by atoms with Crippen molar-refractivity contribution in [2.75, 3.05) is 0 Å². The summed E-state index contributed by atoms with van der Waals surface area (Å²) in [7, 11) is 0. The predicted octanol–water partition coefficient (Wildman–Crippen LogP) is 12.2. The van der Waals surface area contributed by atoms with Gasteiger partial charge in [0.2, 0.25) is 0 Å². The Bertz CT molecular complexity index is 2530. The van der Waals surface area contributed by atoms with Gasteiger partial charge in [-0.1, -0.05) is 178 Å². The van der Waals surface area contributed by atoms with Crippen molar-refractivity contribution in [3.05, 3.63) is 187 Å². The molecule has 1 heterocycles. The molecule has 0 unspecified atom stereocenters. The zero-order valence-corrected chi connectivity index (χ0v) is 28.6. The van der Waals surface area contributed by atoms with Gasteiger partial charge in [-0.3, -0.25) is 0 Å². The topological polar surface area (TPSA) is 38.7 Å². The van der Waals surface area contributed by atoms with Crippen molar-refractivity contribution in [1.29, 1.82) is 0 Å². The van der Waals surface area contributed by atoms with Gasteiger partial charge in [-0.05, 0) is 67.8 Å². The molecule has 0 bridgehead atoms. The molecule has 7 aromatic carbocycles. The van der Waals surface area contributed by atoms with Gasteiger partial charge in [0.05, 0.1) is 0 Å². The van der Waals surface area contributed by atoms with Crippen molar-refractivity contribution in [2.45, 2.75) is 19.3 Å². The first-order valence-electron chi connectivity index (χ1n) is 17.4. The lowest BCUT2D eigenvalue weighted by Gasteiger charge is -2.24. The largest absolute Gasteiger partial charge is 0.208 e. The van der Waals surface area contributed by atoms with Crippen LogP contribution in [0, 0.1) is 0 Å². The zero-order chi connectivity index (χ0) is 34.4. The number of aromatic nitrogens is 3. The van der Waals surface area contributed by atoms with Crippen molar-refractivity contribution in [1.82, 2.24) is 15.0 Å².